The highest BCUT2D eigenvalue weighted by molar-refractivity contribution is 5.94. The summed E-state index contributed by atoms with van der Waals surface area (Å²) >= 11 is 0. The highest BCUT2D eigenvalue weighted by Crippen LogP contribution is 2.35. The Bertz CT molecular complexity index is 973. The molecule has 0 radical (unpaired) electrons. The van der Waals surface area contributed by atoms with E-state index in [1.165, 1.54) is 32.5 Å². The van der Waals surface area contributed by atoms with Crippen molar-refractivity contribution < 1.29 is 27.4 Å². The zero-order chi connectivity index (χ0) is 22.6. The molecular weight excluding hydrogens is 413 g/mol. The number of nitrogens with zero attached hydrogens (tertiary/aromatic N) is 4. The molecule has 1 aliphatic rings. The summed E-state index contributed by atoms with van der Waals surface area (Å²) in [5.41, 5.74) is -0.693. The van der Waals surface area contributed by atoms with Crippen molar-refractivity contribution >= 4 is 11.6 Å². The number of amides is 1. The Kier molecular flexibility index (Phi) is 6.65. The number of alkyl halides is 3. The second kappa shape index (κ2) is 9.22. The van der Waals surface area contributed by atoms with Gasteiger partial charge in [-0.15, -0.1) is 0 Å². The first-order valence-electron chi connectivity index (χ1n) is 9.44. The van der Waals surface area contributed by atoms with E-state index >= 15 is 0 Å². The predicted molar refractivity (Wildman–Crippen MR) is 106 cm³/mol. The van der Waals surface area contributed by atoms with Crippen molar-refractivity contribution in [2.24, 2.45) is 0 Å². The van der Waals surface area contributed by atoms with Gasteiger partial charge in [0, 0.05) is 44.7 Å². The summed E-state index contributed by atoms with van der Waals surface area (Å²) < 4.78 is 50.4. The molecule has 7 nitrogen and oxygen atoms in total. The first-order valence-corrected chi connectivity index (χ1v) is 9.44. The summed E-state index contributed by atoms with van der Waals surface area (Å²) in [5, 5.41) is 9.02. The van der Waals surface area contributed by atoms with E-state index in [-0.39, 0.29) is 25.1 Å². The molecule has 1 aromatic carbocycles. The van der Waals surface area contributed by atoms with Crippen molar-refractivity contribution in [2.75, 3.05) is 45.4 Å². The number of hydrogen-bond acceptors (Lipinski definition) is 6. The van der Waals surface area contributed by atoms with E-state index in [2.05, 4.69) is 4.98 Å². The first kappa shape index (κ1) is 22.4. The number of halogens is 3. The van der Waals surface area contributed by atoms with Crippen LogP contribution in [0.2, 0.25) is 0 Å². The van der Waals surface area contributed by atoms with E-state index in [9.17, 15) is 18.0 Å². The van der Waals surface area contributed by atoms with Crippen LogP contribution in [0.5, 0.6) is 5.88 Å². The van der Waals surface area contributed by atoms with E-state index in [0.717, 1.165) is 6.07 Å². The van der Waals surface area contributed by atoms with Crippen LogP contribution in [0, 0.1) is 11.3 Å². The number of pyridine rings is 1. The predicted octanol–water partition coefficient (Wildman–Crippen LogP) is 2.96. The van der Waals surface area contributed by atoms with Gasteiger partial charge in [0.1, 0.15) is 0 Å². The van der Waals surface area contributed by atoms with Crippen LogP contribution < -0.4 is 9.64 Å². The van der Waals surface area contributed by atoms with Gasteiger partial charge in [0.25, 0.3) is 5.91 Å². The van der Waals surface area contributed by atoms with Gasteiger partial charge >= 0.3 is 6.18 Å². The largest absolute Gasteiger partial charge is 0.481 e. The molecule has 1 atom stereocenters. The molecule has 1 fully saturated rings. The van der Waals surface area contributed by atoms with E-state index in [1.807, 2.05) is 0 Å². The normalized spacial score (nSPS) is 16.7. The summed E-state index contributed by atoms with van der Waals surface area (Å²) in [7, 11) is 2.97. The number of benzene rings is 1. The Labute approximate surface area is 177 Å². The maximum absolute atomic E-state index is 13.4. The zero-order valence-electron chi connectivity index (χ0n) is 17.0. The van der Waals surface area contributed by atoms with Gasteiger partial charge in [-0.25, -0.2) is 4.98 Å². The third-order valence-corrected chi connectivity index (χ3v) is 5.08. The number of carbonyl (C=O) groups is 1. The van der Waals surface area contributed by atoms with Crippen LogP contribution in [-0.4, -0.2) is 62.3 Å². The molecule has 0 N–H and O–H groups in total. The molecule has 0 bridgehead atoms. The van der Waals surface area contributed by atoms with E-state index in [1.54, 1.807) is 28.0 Å². The van der Waals surface area contributed by atoms with Crippen LogP contribution in [-0.2, 0) is 10.9 Å². The van der Waals surface area contributed by atoms with Gasteiger partial charge in [0.15, 0.2) is 0 Å². The first-order chi connectivity index (χ1) is 14.8. The number of rotatable bonds is 5. The molecule has 1 amide bonds. The second-order valence-electron chi connectivity index (χ2n) is 6.98. The molecule has 0 spiro atoms. The number of methoxy groups -OCH3 is 2. The van der Waals surface area contributed by atoms with E-state index in [0.29, 0.717) is 30.2 Å². The van der Waals surface area contributed by atoms with Crippen molar-refractivity contribution in [3.8, 4) is 11.9 Å². The van der Waals surface area contributed by atoms with E-state index in [4.69, 9.17) is 14.7 Å². The Morgan fingerprint density at radius 3 is 2.61 bits per heavy atom. The molecule has 31 heavy (non-hydrogen) atoms. The van der Waals surface area contributed by atoms with Crippen LogP contribution in [0.1, 0.15) is 21.5 Å². The molecular formula is C21H21F3N4O3. The molecule has 0 saturated carbocycles. The molecule has 1 aromatic heterocycles. The van der Waals surface area contributed by atoms with Gasteiger partial charge in [-0.1, -0.05) is 0 Å². The quantitative estimate of drug-likeness (QED) is 0.720. The Balaban J connectivity index is 1.83. The van der Waals surface area contributed by atoms with Crippen molar-refractivity contribution in [1.29, 1.82) is 5.26 Å². The molecule has 3 rings (SSSR count). The summed E-state index contributed by atoms with van der Waals surface area (Å²) in [6.45, 7) is 1.10. The maximum atomic E-state index is 13.4. The SMILES string of the molecule is COCC1CN(C(=O)c2ccc(OC)nc2)CCN1c1ccc(C#N)c(C(F)(F)F)c1. The third kappa shape index (κ3) is 4.88. The lowest BCUT2D eigenvalue weighted by Crippen LogP contribution is -2.56. The minimum Gasteiger partial charge on any atom is -0.481 e. The molecule has 164 valence electrons. The number of piperazine rings is 1. The lowest BCUT2D eigenvalue weighted by atomic mass is 10.0. The summed E-state index contributed by atoms with van der Waals surface area (Å²) in [6, 6.07) is 8.06. The highest BCUT2D eigenvalue weighted by Gasteiger charge is 2.36. The number of carbonyl (C=O) groups excluding carboxylic acids is 1. The molecule has 10 heteroatoms. The molecule has 2 heterocycles. The van der Waals surface area contributed by atoms with Gasteiger partial charge in [0.2, 0.25) is 5.88 Å². The summed E-state index contributed by atoms with van der Waals surface area (Å²) in [6.07, 6.45) is -3.22. The topological polar surface area (TPSA) is 78.7 Å². The lowest BCUT2D eigenvalue weighted by molar-refractivity contribution is -0.137. The molecule has 1 saturated heterocycles. The maximum Gasteiger partial charge on any atom is 0.417 e. The fraction of sp³-hybridized carbons (Fsp3) is 0.381. The number of ether oxygens (including phenoxy) is 2. The summed E-state index contributed by atoms with van der Waals surface area (Å²) in [4.78, 5) is 20.3. The molecule has 1 aliphatic heterocycles. The van der Waals surface area contributed by atoms with Gasteiger partial charge in [-0.3, -0.25) is 4.79 Å². The number of anilines is 1. The van der Waals surface area contributed by atoms with Crippen molar-refractivity contribution in [3.05, 3.63) is 53.2 Å². The Hall–Kier alpha value is -3.32. The number of aromatic nitrogens is 1. The van der Waals surface area contributed by atoms with Crippen LogP contribution in [0.4, 0.5) is 18.9 Å². The average molecular weight is 434 g/mol. The molecule has 1 unspecified atom stereocenters. The van der Waals surface area contributed by atoms with Crippen molar-refractivity contribution in [2.45, 2.75) is 12.2 Å². The van der Waals surface area contributed by atoms with Crippen LogP contribution in [0.3, 0.4) is 0 Å². The minimum atomic E-state index is -4.64. The minimum absolute atomic E-state index is 0.214. The van der Waals surface area contributed by atoms with Crippen molar-refractivity contribution in [3.63, 3.8) is 0 Å². The number of hydrogen-bond donors (Lipinski definition) is 0. The van der Waals surface area contributed by atoms with Crippen LogP contribution in [0.25, 0.3) is 0 Å². The molecule has 2 aromatic rings. The summed E-state index contributed by atoms with van der Waals surface area (Å²) in [5.74, 6) is 0.159. The van der Waals surface area contributed by atoms with Crippen LogP contribution >= 0.6 is 0 Å². The lowest BCUT2D eigenvalue weighted by Gasteiger charge is -2.42. The van der Waals surface area contributed by atoms with Crippen molar-refractivity contribution in [1.82, 2.24) is 9.88 Å². The Morgan fingerprint density at radius 1 is 1.26 bits per heavy atom. The Morgan fingerprint density at radius 2 is 2.03 bits per heavy atom. The smallest absolute Gasteiger partial charge is 0.417 e. The van der Waals surface area contributed by atoms with Crippen LogP contribution in [0.15, 0.2) is 36.5 Å². The highest BCUT2D eigenvalue weighted by atomic mass is 19.4. The van der Waals surface area contributed by atoms with Gasteiger partial charge in [-0.05, 0) is 24.3 Å². The monoisotopic (exact) mass is 434 g/mol. The third-order valence-electron chi connectivity index (χ3n) is 5.08. The fourth-order valence-electron chi connectivity index (χ4n) is 3.57. The van der Waals surface area contributed by atoms with Gasteiger partial charge in [-0.2, -0.15) is 18.4 Å². The zero-order valence-corrected chi connectivity index (χ0v) is 17.0. The van der Waals surface area contributed by atoms with Gasteiger partial charge in [0.05, 0.1) is 42.5 Å². The standard InChI is InChI=1S/C21H21F3N4O3/c1-30-13-17-12-27(20(29)15-4-6-19(31-2)26-11-15)7-8-28(17)16-5-3-14(10-25)18(9-16)21(22,23)24/h3-6,9,11,17H,7-8,12-13H2,1-2H3. The van der Waals surface area contributed by atoms with E-state index < -0.39 is 17.3 Å². The number of nitriles is 1. The average Bonchev–Trinajstić information content (AvgIpc) is 2.78. The fourth-order valence-corrected chi connectivity index (χ4v) is 3.57. The van der Waals surface area contributed by atoms with Gasteiger partial charge < -0.3 is 19.3 Å². The molecule has 0 aliphatic carbocycles. The second-order valence-corrected chi connectivity index (χ2v) is 6.98.